The second kappa shape index (κ2) is 8.10. The summed E-state index contributed by atoms with van der Waals surface area (Å²) < 4.78 is 5.32. The summed E-state index contributed by atoms with van der Waals surface area (Å²) >= 11 is 0. The Morgan fingerprint density at radius 3 is 2.35 bits per heavy atom. The molecule has 0 heterocycles. The SMILES string of the molecule is C=C(C)[C@@H](CC=C(C)C)COC(=O)[C@@H](C)CC. The number of rotatable bonds is 7. The molecule has 0 aliphatic carbocycles. The van der Waals surface area contributed by atoms with Crippen molar-refractivity contribution >= 4 is 5.97 Å². The van der Waals surface area contributed by atoms with E-state index in [1.54, 1.807) is 0 Å². The van der Waals surface area contributed by atoms with Gasteiger partial charge in [-0.05, 0) is 33.6 Å². The summed E-state index contributed by atoms with van der Waals surface area (Å²) in [7, 11) is 0. The summed E-state index contributed by atoms with van der Waals surface area (Å²) in [5.74, 6) is 0.123. The molecule has 0 aliphatic rings. The van der Waals surface area contributed by atoms with Crippen molar-refractivity contribution < 1.29 is 9.53 Å². The fraction of sp³-hybridized carbons (Fsp3) is 0.667. The van der Waals surface area contributed by atoms with Crippen LogP contribution in [0.5, 0.6) is 0 Å². The molecular formula is C15H26O2. The first-order valence-electron chi connectivity index (χ1n) is 6.33. The Hall–Kier alpha value is -1.05. The number of allylic oxidation sites excluding steroid dienone is 2. The Balaban J connectivity index is 4.23. The second-order valence-electron chi connectivity index (χ2n) is 5.00. The lowest BCUT2D eigenvalue weighted by Gasteiger charge is -2.17. The molecule has 0 saturated carbocycles. The molecule has 0 aliphatic heterocycles. The number of ether oxygens (including phenoxy) is 1. The Morgan fingerprint density at radius 2 is 1.94 bits per heavy atom. The van der Waals surface area contributed by atoms with E-state index in [1.165, 1.54) is 5.57 Å². The van der Waals surface area contributed by atoms with Gasteiger partial charge in [0.1, 0.15) is 0 Å². The summed E-state index contributed by atoms with van der Waals surface area (Å²) in [6.07, 6.45) is 3.88. The number of carbonyl (C=O) groups excluding carboxylic acids is 1. The lowest BCUT2D eigenvalue weighted by atomic mass is 9.98. The van der Waals surface area contributed by atoms with Gasteiger partial charge < -0.3 is 4.74 Å². The molecule has 0 aromatic heterocycles. The first-order valence-corrected chi connectivity index (χ1v) is 6.33. The minimum Gasteiger partial charge on any atom is -0.465 e. The highest BCUT2D eigenvalue weighted by atomic mass is 16.5. The fourth-order valence-electron chi connectivity index (χ4n) is 1.28. The van der Waals surface area contributed by atoms with E-state index in [4.69, 9.17) is 4.74 Å². The number of esters is 1. The van der Waals surface area contributed by atoms with Gasteiger partial charge in [-0.15, -0.1) is 0 Å². The number of hydrogen-bond acceptors (Lipinski definition) is 2. The standard InChI is InChI=1S/C15H26O2/c1-7-13(6)15(16)17-10-14(12(4)5)9-8-11(2)3/h8,13-14H,4,7,9-10H2,1-3,5-6H3/t13-,14-/m0/s1. The summed E-state index contributed by atoms with van der Waals surface area (Å²) in [5, 5.41) is 0. The molecule has 2 nitrogen and oxygen atoms in total. The van der Waals surface area contributed by atoms with Crippen LogP contribution in [-0.4, -0.2) is 12.6 Å². The van der Waals surface area contributed by atoms with E-state index in [2.05, 4.69) is 26.5 Å². The van der Waals surface area contributed by atoms with E-state index in [9.17, 15) is 4.79 Å². The first kappa shape index (κ1) is 16.0. The Morgan fingerprint density at radius 1 is 1.35 bits per heavy atom. The van der Waals surface area contributed by atoms with Gasteiger partial charge in [0.15, 0.2) is 0 Å². The minimum atomic E-state index is -0.101. The van der Waals surface area contributed by atoms with Crippen LogP contribution in [0.2, 0.25) is 0 Å². The quantitative estimate of drug-likeness (QED) is 0.492. The largest absolute Gasteiger partial charge is 0.465 e. The van der Waals surface area contributed by atoms with Crippen molar-refractivity contribution in [3.05, 3.63) is 23.8 Å². The Bertz CT molecular complexity index is 285. The Kier molecular flexibility index (Phi) is 7.60. The van der Waals surface area contributed by atoms with Crippen LogP contribution in [0.25, 0.3) is 0 Å². The molecule has 0 unspecified atom stereocenters. The van der Waals surface area contributed by atoms with Gasteiger partial charge in [0.05, 0.1) is 12.5 Å². The van der Waals surface area contributed by atoms with E-state index in [0.717, 1.165) is 18.4 Å². The summed E-state index contributed by atoms with van der Waals surface area (Å²) in [6.45, 7) is 14.4. The van der Waals surface area contributed by atoms with E-state index >= 15 is 0 Å². The molecule has 17 heavy (non-hydrogen) atoms. The normalized spacial score (nSPS) is 13.7. The van der Waals surface area contributed by atoms with Gasteiger partial charge in [-0.3, -0.25) is 4.79 Å². The molecule has 98 valence electrons. The van der Waals surface area contributed by atoms with Crippen molar-refractivity contribution in [1.82, 2.24) is 0 Å². The molecule has 0 fully saturated rings. The molecule has 0 saturated heterocycles. The van der Waals surface area contributed by atoms with Crippen LogP contribution in [0.3, 0.4) is 0 Å². The van der Waals surface area contributed by atoms with E-state index in [-0.39, 0.29) is 17.8 Å². The highest BCUT2D eigenvalue weighted by molar-refractivity contribution is 5.71. The average Bonchev–Trinajstić information content (AvgIpc) is 2.26. The molecule has 0 spiro atoms. The average molecular weight is 238 g/mol. The van der Waals surface area contributed by atoms with Crippen molar-refractivity contribution in [3.8, 4) is 0 Å². The van der Waals surface area contributed by atoms with Gasteiger partial charge in [0.25, 0.3) is 0 Å². The molecule has 0 radical (unpaired) electrons. The van der Waals surface area contributed by atoms with Gasteiger partial charge in [-0.25, -0.2) is 0 Å². The fourth-order valence-corrected chi connectivity index (χ4v) is 1.28. The van der Waals surface area contributed by atoms with E-state index in [0.29, 0.717) is 6.61 Å². The van der Waals surface area contributed by atoms with Gasteiger partial charge in [0.2, 0.25) is 0 Å². The number of carbonyl (C=O) groups is 1. The zero-order valence-corrected chi connectivity index (χ0v) is 11.9. The van der Waals surface area contributed by atoms with Crippen molar-refractivity contribution in [1.29, 1.82) is 0 Å². The number of hydrogen-bond donors (Lipinski definition) is 0. The molecule has 2 atom stereocenters. The topological polar surface area (TPSA) is 26.3 Å². The maximum atomic E-state index is 11.6. The van der Waals surface area contributed by atoms with Crippen molar-refractivity contribution in [2.24, 2.45) is 11.8 Å². The van der Waals surface area contributed by atoms with Gasteiger partial charge in [0, 0.05) is 5.92 Å². The molecule has 0 aromatic carbocycles. The lowest BCUT2D eigenvalue weighted by molar-refractivity contribution is -0.149. The molecule has 0 N–H and O–H groups in total. The molecule has 0 rings (SSSR count). The van der Waals surface area contributed by atoms with Crippen LogP contribution in [0.1, 0.15) is 47.5 Å². The molecular weight excluding hydrogens is 212 g/mol. The predicted molar refractivity (Wildman–Crippen MR) is 72.8 cm³/mol. The van der Waals surface area contributed by atoms with Gasteiger partial charge in [-0.2, -0.15) is 0 Å². The zero-order chi connectivity index (χ0) is 13.4. The van der Waals surface area contributed by atoms with E-state index in [1.807, 2.05) is 20.8 Å². The highest BCUT2D eigenvalue weighted by Crippen LogP contribution is 2.16. The third-order valence-corrected chi connectivity index (χ3v) is 2.95. The smallest absolute Gasteiger partial charge is 0.308 e. The van der Waals surface area contributed by atoms with Crippen molar-refractivity contribution in [2.75, 3.05) is 6.61 Å². The van der Waals surface area contributed by atoms with E-state index < -0.39 is 0 Å². The summed E-state index contributed by atoms with van der Waals surface area (Å²) in [6, 6.07) is 0. The van der Waals surface area contributed by atoms with Crippen LogP contribution in [0, 0.1) is 11.8 Å². The van der Waals surface area contributed by atoms with Crippen LogP contribution >= 0.6 is 0 Å². The maximum absolute atomic E-state index is 11.6. The molecule has 0 amide bonds. The van der Waals surface area contributed by atoms with Gasteiger partial charge in [-0.1, -0.05) is 37.6 Å². The first-order chi connectivity index (χ1) is 7.88. The lowest BCUT2D eigenvalue weighted by Crippen LogP contribution is -2.19. The highest BCUT2D eigenvalue weighted by Gasteiger charge is 2.15. The second-order valence-corrected chi connectivity index (χ2v) is 5.00. The maximum Gasteiger partial charge on any atom is 0.308 e. The predicted octanol–water partition coefficient (Wildman–Crippen LogP) is 4.12. The third kappa shape index (κ3) is 6.98. The van der Waals surface area contributed by atoms with Crippen LogP contribution in [-0.2, 0) is 9.53 Å². The van der Waals surface area contributed by atoms with Crippen molar-refractivity contribution in [2.45, 2.75) is 47.5 Å². The van der Waals surface area contributed by atoms with Crippen LogP contribution in [0.4, 0.5) is 0 Å². The minimum absolute atomic E-state index is 0.00998. The molecule has 2 heteroatoms. The van der Waals surface area contributed by atoms with Crippen molar-refractivity contribution in [3.63, 3.8) is 0 Å². The molecule has 0 aromatic rings. The van der Waals surface area contributed by atoms with Crippen LogP contribution < -0.4 is 0 Å². The monoisotopic (exact) mass is 238 g/mol. The van der Waals surface area contributed by atoms with Crippen LogP contribution in [0.15, 0.2) is 23.8 Å². The Labute approximate surface area is 106 Å². The third-order valence-electron chi connectivity index (χ3n) is 2.95. The summed E-state index contributed by atoms with van der Waals surface area (Å²) in [4.78, 5) is 11.6. The van der Waals surface area contributed by atoms with Gasteiger partial charge >= 0.3 is 5.97 Å². The summed E-state index contributed by atoms with van der Waals surface area (Å²) in [5.41, 5.74) is 2.35. The molecule has 0 bridgehead atoms. The zero-order valence-electron chi connectivity index (χ0n) is 11.9.